The van der Waals surface area contributed by atoms with Gasteiger partial charge in [-0.05, 0) is 44.7 Å². The van der Waals surface area contributed by atoms with Crippen LogP contribution in [0.5, 0.6) is 0 Å². The molecule has 2 heterocycles. The summed E-state index contributed by atoms with van der Waals surface area (Å²) in [4.78, 5) is 31.9. The maximum atomic E-state index is 12.9. The molecule has 0 bridgehead atoms. The van der Waals surface area contributed by atoms with E-state index in [1.807, 2.05) is 39.8 Å². The van der Waals surface area contributed by atoms with Crippen molar-refractivity contribution in [1.82, 2.24) is 4.90 Å². The Morgan fingerprint density at radius 3 is 2.37 bits per heavy atom. The minimum Gasteiger partial charge on any atom is -0.459 e. The number of carbonyl (C=O) groups excluding carboxylic acids is 2. The molecule has 2 aliphatic heterocycles. The summed E-state index contributed by atoms with van der Waals surface area (Å²) in [6.07, 6.45) is -0.241. The zero-order chi connectivity index (χ0) is 19.9. The first-order valence-electron chi connectivity index (χ1n) is 9.30. The normalized spacial score (nSPS) is 22.4. The fraction of sp³-hybridized carbons (Fsp3) is 0.476. The number of hydrogen-bond donors (Lipinski definition) is 0. The van der Waals surface area contributed by atoms with Crippen LogP contribution in [0, 0.1) is 0 Å². The summed E-state index contributed by atoms with van der Waals surface area (Å²) in [5, 5.41) is 0.443. The Kier molecular flexibility index (Phi) is 5.47. The highest BCUT2D eigenvalue weighted by atomic mass is 32.2. The average Bonchev–Trinajstić information content (AvgIpc) is 2.87. The van der Waals surface area contributed by atoms with E-state index in [0.717, 1.165) is 5.56 Å². The molecular formula is C21H26N2O3S. The van der Waals surface area contributed by atoms with Crippen molar-refractivity contribution in [2.75, 3.05) is 0 Å². The van der Waals surface area contributed by atoms with E-state index in [2.05, 4.69) is 31.0 Å². The van der Waals surface area contributed by atoms with Gasteiger partial charge in [0.2, 0.25) is 5.91 Å². The molecule has 0 unspecified atom stereocenters. The van der Waals surface area contributed by atoms with E-state index in [1.165, 1.54) is 17.3 Å². The predicted molar refractivity (Wildman–Crippen MR) is 109 cm³/mol. The highest BCUT2D eigenvalue weighted by molar-refractivity contribution is 8.15. The number of esters is 1. The lowest BCUT2D eigenvalue weighted by Crippen LogP contribution is -2.40. The third-order valence-electron chi connectivity index (χ3n) is 4.74. The van der Waals surface area contributed by atoms with E-state index in [9.17, 15) is 9.59 Å². The van der Waals surface area contributed by atoms with E-state index in [0.29, 0.717) is 22.4 Å². The summed E-state index contributed by atoms with van der Waals surface area (Å²) in [6, 6.07) is 7.61. The smallest absolute Gasteiger partial charge is 0.338 e. The number of aliphatic imine (C=N–C) groups is 1. The molecule has 0 N–H and O–H groups in total. The minimum atomic E-state index is -0.505. The van der Waals surface area contributed by atoms with Crippen molar-refractivity contribution in [1.29, 1.82) is 0 Å². The Morgan fingerprint density at radius 1 is 1.19 bits per heavy atom. The molecule has 6 heteroatoms. The Hall–Kier alpha value is -2.08. The van der Waals surface area contributed by atoms with Crippen LogP contribution in [0.4, 0.5) is 0 Å². The number of nitrogens with zero attached hydrogens (tertiary/aromatic N) is 2. The number of amidine groups is 1. The molecule has 2 atom stereocenters. The average molecular weight is 387 g/mol. The molecule has 1 fully saturated rings. The predicted octanol–water partition coefficient (Wildman–Crippen LogP) is 4.41. The highest BCUT2D eigenvalue weighted by Gasteiger charge is 2.46. The molecule has 0 aliphatic carbocycles. The Morgan fingerprint density at radius 2 is 1.81 bits per heavy atom. The van der Waals surface area contributed by atoms with Gasteiger partial charge >= 0.3 is 5.97 Å². The highest BCUT2D eigenvalue weighted by Crippen LogP contribution is 2.43. The molecule has 1 amide bonds. The number of carbonyl (C=O) groups is 2. The number of amides is 1. The summed E-state index contributed by atoms with van der Waals surface area (Å²) >= 11 is 1.44. The lowest BCUT2D eigenvalue weighted by molar-refractivity contribution is -0.143. The summed E-state index contributed by atoms with van der Waals surface area (Å²) in [5.74, 6) is -0.0335. The first kappa shape index (κ1) is 19.7. The van der Waals surface area contributed by atoms with E-state index >= 15 is 0 Å². The van der Waals surface area contributed by atoms with Gasteiger partial charge in [-0.3, -0.25) is 9.69 Å². The quantitative estimate of drug-likeness (QED) is 0.719. The first-order chi connectivity index (χ1) is 12.7. The second-order valence-corrected chi connectivity index (χ2v) is 8.85. The van der Waals surface area contributed by atoms with Crippen molar-refractivity contribution in [2.24, 2.45) is 4.99 Å². The van der Waals surface area contributed by atoms with E-state index in [1.54, 1.807) is 4.90 Å². The van der Waals surface area contributed by atoms with Crippen molar-refractivity contribution in [3.05, 3.63) is 46.7 Å². The van der Waals surface area contributed by atoms with Gasteiger partial charge < -0.3 is 4.74 Å². The Balaban J connectivity index is 2.10. The van der Waals surface area contributed by atoms with Crippen molar-refractivity contribution in [3.8, 4) is 0 Å². The third-order valence-corrected chi connectivity index (χ3v) is 5.79. The number of ether oxygens (including phenoxy) is 1. The number of allylic oxidation sites excluding steroid dienone is 1. The van der Waals surface area contributed by atoms with Gasteiger partial charge in [-0.1, -0.05) is 49.9 Å². The van der Waals surface area contributed by atoms with Crippen LogP contribution in [0.3, 0.4) is 0 Å². The second-order valence-electron chi connectivity index (χ2n) is 7.54. The molecule has 27 heavy (non-hydrogen) atoms. The van der Waals surface area contributed by atoms with Crippen LogP contribution in [0.25, 0.3) is 0 Å². The van der Waals surface area contributed by atoms with Gasteiger partial charge in [0.05, 0.1) is 28.7 Å². The maximum Gasteiger partial charge on any atom is 0.338 e. The summed E-state index contributed by atoms with van der Waals surface area (Å²) < 4.78 is 5.47. The number of hydrogen-bond acceptors (Lipinski definition) is 5. The topological polar surface area (TPSA) is 59.0 Å². The molecular weight excluding hydrogens is 360 g/mol. The standard InChI is InChI=1S/C21H26N2O3S/c1-11(2)15-7-9-16(10-8-15)18-17(20(25)26-12(3)4)13(5)22-21-23(18)19(24)14(6)27-21/h7-12,14,18H,1-6H3/t14-,18-/m1/s1. The first-order valence-corrected chi connectivity index (χ1v) is 10.2. The monoisotopic (exact) mass is 386 g/mol. The van der Waals surface area contributed by atoms with E-state index in [4.69, 9.17) is 4.74 Å². The largest absolute Gasteiger partial charge is 0.459 e. The van der Waals surface area contributed by atoms with Gasteiger partial charge in [0, 0.05) is 0 Å². The van der Waals surface area contributed by atoms with Crippen molar-refractivity contribution in [3.63, 3.8) is 0 Å². The summed E-state index contributed by atoms with van der Waals surface area (Å²) in [7, 11) is 0. The van der Waals surface area contributed by atoms with Gasteiger partial charge in [0.1, 0.15) is 0 Å². The lowest BCUT2D eigenvalue weighted by Gasteiger charge is -2.33. The fourth-order valence-electron chi connectivity index (χ4n) is 3.32. The minimum absolute atomic E-state index is 0.0287. The van der Waals surface area contributed by atoms with Gasteiger partial charge in [-0.2, -0.15) is 0 Å². The molecule has 1 aromatic rings. The van der Waals surface area contributed by atoms with Gasteiger partial charge in [0.15, 0.2) is 5.17 Å². The number of fused-ring (bicyclic) bond motifs is 1. The van der Waals surface area contributed by atoms with Crippen LogP contribution in [0.15, 0.2) is 40.5 Å². The Labute approximate surface area is 164 Å². The van der Waals surface area contributed by atoms with Gasteiger partial charge in [0.25, 0.3) is 0 Å². The van der Waals surface area contributed by atoms with Crippen LogP contribution in [0.2, 0.25) is 0 Å². The SMILES string of the molecule is CC1=C(C(=O)OC(C)C)[C@@H](c2ccc(C(C)C)cc2)N2C(=O)[C@@H](C)SC2=N1. The molecule has 2 aliphatic rings. The summed E-state index contributed by atoms with van der Waals surface area (Å²) in [5.41, 5.74) is 3.16. The molecule has 144 valence electrons. The molecule has 1 aromatic carbocycles. The zero-order valence-corrected chi connectivity index (χ0v) is 17.5. The van der Waals surface area contributed by atoms with Crippen molar-refractivity contribution >= 4 is 28.8 Å². The summed E-state index contributed by atoms with van der Waals surface area (Å²) in [6.45, 7) is 11.6. The second kappa shape index (κ2) is 7.50. The molecule has 0 aromatic heterocycles. The molecule has 5 nitrogen and oxygen atoms in total. The van der Waals surface area contributed by atoms with Crippen LogP contribution >= 0.6 is 11.8 Å². The fourth-order valence-corrected chi connectivity index (χ4v) is 4.35. The Bertz CT molecular complexity index is 824. The van der Waals surface area contributed by atoms with E-state index < -0.39 is 12.0 Å². The zero-order valence-electron chi connectivity index (χ0n) is 16.6. The number of benzene rings is 1. The molecule has 0 saturated carbocycles. The number of thioether (sulfide) groups is 1. The molecule has 1 saturated heterocycles. The maximum absolute atomic E-state index is 12.9. The molecule has 0 radical (unpaired) electrons. The van der Waals surface area contributed by atoms with Crippen molar-refractivity contribution < 1.29 is 14.3 Å². The third kappa shape index (κ3) is 3.68. The van der Waals surface area contributed by atoms with Gasteiger partial charge in [-0.15, -0.1) is 0 Å². The van der Waals surface area contributed by atoms with Crippen LogP contribution in [-0.4, -0.2) is 33.3 Å². The molecule has 0 spiro atoms. The number of rotatable bonds is 4. The lowest BCUT2D eigenvalue weighted by atomic mass is 9.92. The molecule has 3 rings (SSSR count). The van der Waals surface area contributed by atoms with Crippen LogP contribution < -0.4 is 0 Å². The van der Waals surface area contributed by atoms with Gasteiger partial charge in [-0.25, -0.2) is 9.79 Å². The van der Waals surface area contributed by atoms with Crippen LogP contribution in [-0.2, 0) is 14.3 Å². The van der Waals surface area contributed by atoms with Crippen LogP contribution in [0.1, 0.15) is 64.6 Å². The van der Waals surface area contributed by atoms with Crippen molar-refractivity contribution in [2.45, 2.75) is 64.9 Å². The van der Waals surface area contributed by atoms with E-state index in [-0.39, 0.29) is 17.3 Å².